The number of nitrogens with two attached hydrogens (primary N) is 3. The number of guanidine groups is 1. The maximum Gasteiger partial charge on any atom is 0.196 e. The smallest absolute Gasteiger partial charge is 0.196 e. The molecule has 1 aliphatic rings. The van der Waals surface area contributed by atoms with Crippen LogP contribution in [0, 0.1) is 6.92 Å². The Kier molecular flexibility index (Phi) is 2.32. The third kappa shape index (κ3) is 1.85. The van der Waals surface area contributed by atoms with E-state index in [-0.39, 0.29) is 5.96 Å². The zero-order valence-electron chi connectivity index (χ0n) is 9.07. The fourth-order valence-electron chi connectivity index (χ4n) is 1.65. The number of nitrogens with one attached hydrogen (secondary N) is 1. The predicted molar refractivity (Wildman–Crippen MR) is 64.1 cm³/mol. The standard InChI is InChI=1S/C11H15N5/c1-7-2-4-8(5-3-7)11(14)6-9(12)15-10(13)16-11/h2-6H,12,14H2,1H3,(H3,13,15,16). The van der Waals surface area contributed by atoms with Crippen molar-refractivity contribution in [1.29, 1.82) is 0 Å². The van der Waals surface area contributed by atoms with Gasteiger partial charge in [-0.25, -0.2) is 4.99 Å². The van der Waals surface area contributed by atoms with E-state index in [4.69, 9.17) is 17.2 Å². The van der Waals surface area contributed by atoms with Crippen molar-refractivity contribution in [2.24, 2.45) is 22.2 Å². The van der Waals surface area contributed by atoms with Gasteiger partial charge in [0.25, 0.3) is 0 Å². The van der Waals surface area contributed by atoms with E-state index in [1.807, 2.05) is 31.2 Å². The Labute approximate surface area is 94.0 Å². The quantitative estimate of drug-likeness (QED) is 0.524. The van der Waals surface area contributed by atoms with Gasteiger partial charge in [0.15, 0.2) is 11.6 Å². The summed E-state index contributed by atoms with van der Waals surface area (Å²) in [7, 11) is 0. The summed E-state index contributed by atoms with van der Waals surface area (Å²) in [5, 5.41) is 2.70. The second-order valence-corrected chi connectivity index (χ2v) is 3.91. The van der Waals surface area contributed by atoms with Gasteiger partial charge < -0.3 is 16.8 Å². The molecule has 84 valence electrons. The number of nitrogens with zero attached hydrogens (tertiary/aromatic N) is 1. The number of aliphatic imine (C=N–C) groups is 1. The first-order valence-electron chi connectivity index (χ1n) is 4.96. The van der Waals surface area contributed by atoms with Gasteiger partial charge >= 0.3 is 0 Å². The third-order valence-corrected chi connectivity index (χ3v) is 2.47. The molecular formula is C11H15N5. The van der Waals surface area contributed by atoms with Crippen molar-refractivity contribution in [2.75, 3.05) is 0 Å². The molecule has 1 aromatic rings. The molecule has 0 saturated heterocycles. The number of hydrogen-bond acceptors (Lipinski definition) is 5. The van der Waals surface area contributed by atoms with Gasteiger partial charge in [-0.2, -0.15) is 0 Å². The summed E-state index contributed by atoms with van der Waals surface area (Å²) in [5.41, 5.74) is 18.5. The summed E-state index contributed by atoms with van der Waals surface area (Å²) in [6, 6.07) is 7.78. The fourth-order valence-corrected chi connectivity index (χ4v) is 1.65. The summed E-state index contributed by atoms with van der Waals surface area (Å²) >= 11 is 0. The molecule has 5 heteroatoms. The molecule has 0 radical (unpaired) electrons. The van der Waals surface area contributed by atoms with E-state index in [9.17, 15) is 0 Å². The van der Waals surface area contributed by atoms with Crippen LogP contribution in [0.4, 0.5) is 0 Å². The largest absolute Gasteiger partial charge is 0.385 e. The lowest BCUT2D eigenvalue weighted by molar-refractivity contribution is 0.571. The van der Waals surface area contributed by atoms with Crippen LogP contribution in [0.5, 0.6) is 0 Å². The van der Waals surface area contributed by atoms with E-state index in [1.54, 1.807) is 6.08 Å². The summed E-state index contributed by atoms with van der Waals surface area (Å²) in [4.78, 5) is 4.17. The van der Waals surface area contributed by atoms with Crippen molar-refractivity contribution >= 4 is 5.96 Å². The van der Waals surface area contributed by atoms with Crippen LogP contribution in [0.2, 0.25) is 0 Å². The van der Waals surface area contributed by atoms with Gasteiger partial charge in [0.2, 0.25) is 0 Å². The molecular weight excluding hydrogens is 202 g/mol. The zero-order valence-corrected chi connectivity index (χ0v) is 9.07. The molecule has 1 aromatic carbocycles. The van der Waals surface area contributed by atoms with E-state index < -0.39 is 5.66 Å². The lowest BCUT2D eigenvalue weighted by atomic mass is 9.98. The molecule has 1 heterocycles. The summed E-state index contributed by atoms with van der Waals surface area (Å²) < 4.78 is 0. The zero-order chi connectivity index (χ0) is 11.8. The molecule has 0 amide bonds. The van der Waals surface area contributed by atoms with Gasteiger partial charge in [-0.1, -0.05) is 29.8 Å². The Morgan fingerprint density at radius 3 is 2.38 bits per heavy atom. The average molecular weight is 217 g/mol. The molecule has 0 aromatic heterocycles. The maximum absolute atomic E-state index is 6.15. The summed E-state index contributed by atoms with van der Waals surface area (Å²) in [6.45, 7) is 2.01. The number of hydrogen-bond donors (Lipinski definition) is 4. The molecule has 0 fully saturated rings. The fraction of sp³-hybridized carbons (Fsp3) is 0.182. The monoisotopic (exact) mass is 217 g/mol. The minimum absolute atomic E-state index is 0.225. The predicted octanol–water partition coefficient (Wildman–Crippen LogP) is -0.175. The van der Waals surface area contributed by atoms with Crippen molar-refractivity contribution in [3.8, 4) is 0 Å². The van der Waals surface area contributed by atoms with Gasteiger partial charge in [0, 0.05) is 6.08 Å². The molecule has 0 saturated carbocycles. The molecule has 0 aliphatic carbocycles. The molecule has 16 heavy (non-hydrogen) atoms. The highest BCUT2D eigenvalue weighted by Gasteiger charge is 2.27. The molecule has 2 rings (SSSR count). The van der Waals surface area contributed by atoms with Gasteiger partial charge in [-0.15, -0.1) is 0 Å². The molecule has 1 unspecified atom stereocenters. The van der Waals surface area contributed by atoms with E-state index in [0.717, 1.165) is 11.1 Å². The minimum atomic E-state index is -0.979. The SMILES string of the molecule is Cc1ccc(C2(N)C=C(N)NC(N)=N2)cc1. The van der Waals surface area contributed by atoms with E-state index in [1.165, 1.54) is 0 Å². The summed E-state index contributed by atoms with van der Waals surface area (Å²) in [6.07, 6.45) is 1.65. The van der Waals surface area contributed by atoms with Crippen molar-refractivity contribution in [3.05, 3.63) is 47.3 Å². The van der Waals surface area contributed by atoms with Crippen LogP contribution in [0.3, 0.4) is 0 Å². The number of rotatable bonds is 1. The third-order valence-electron chi connectivity index (χ3n) is 2.47. The Morgan fingerprint density at radius 2 is 1.81 bits per heavy atom. The van der Waals surface area contributed by atoms with E-state index in [0.29, 0.717) is 5.82 Å². The molecule has 0 spiro atoms. The molecule has 1 atom stereocenters. The van der Waals surface area contributed by atoms with Gasteiger partial charge in [-0.3, -0.25) is 5.73 Å². The van der Waals surface area contributed by atoms with Crippen LogP contribution in [-0.4, -0.2) is 5.96 Å². The van der Waals surface area contributed by atoms with Crippen LogP contribution in [-0.2, 0) is 5.66 Å². The van der Waals surface area contributed by atoms with Crippen molar-refractivity contribution in [3.63, 3.8) is 0 Å². The van der Waals surface area contributed by atoms with Gasteiger partial charge in [0.1, 0.15) is 5.82 Å². The lowest BCUT2D eigenvalue weighted by Gasteiger charge is -2.27. The van der Waals surface area contributed by atoms with Crippen LogP contribution in [0.1, 0.15) is 11.1 Å². The Bertz CT molecular complexity index is 440. The van der Waals surface area contributed by atoms with Crippen LogP contribution in [0.15, 0.2) is 41.2 Å². The van der Waals surface area contributed by atoms with Crippen LogP contribution in [0.25, 0.3) is 0 Å². The first-order chi connectivity index (χ1) is 7.49. The highest BCUT2D eigenvalue weighted by atomic mass is 15.2. The molecule has 1 aliphatic heterocycles. The molecule has 7 N–H and O–H groups in total. The van der Waals surface area contributed by atoms with Crippen LogP contribution >= 0.6 is 0 Å². The van der Waals surface area contributed by atoms with Crippen molar-refractivity contribution < 1.29 is 0 Å². The topological polar surface area (TPSA) is 102 Å². The Balaban J connectivity index is 2.45. The van der Waals surface area contributed by atoms with Gasteiger partial charge in [-0.05, 0) is 12.5 Å². The lowest BCUT2D eigenvalue weighted by Crippen LogP contribution is -2.46. The second kappa shape index (κ2) is 3.53. The van der Waals surface area contributed by atoms with Crippen LogP contribution < -0.4 is 22.5 Å². The Hall–Kier alpha value is -2.01. The highest BCUT2D eigenvalue weighted by molar-refractivity contribution is 5.81. The van der Waals surface area contributed by atoms with Crippen molar-refractivity contribution in [1.82, 2.24) is 5.32 Å². The van der Waals surface area contributed by atoms with Gasteiger partial charge in [0.05, 0.1) is 0 Å². The normalized spacial score (nSPS) is 24.4. The first kappa shape index (κ1) is 10.5. The second-order valence-electron chi connectivity index (χ2n) is 3.91. The number of benzene rings is 1. The summed E-state index contributed by atoms with van der Waals surface area (Å²) in [5.74, 6) is 0.638. The molecule has 5 nitrogen and oxygen atoms in total. The highest BCUT2D eigenvalue weighted by Crippen LogP contribution is 2.24. The van der Waals surface area contributed by atoms with E-state index >= 15 is 0 Å². The van der Waals surface area contributed by atoms with Crippen molar-refractivity contribution in [2.45, 2.75) is 12.6 Å². The molecule has 0 bridgehead atoms. The maximum atomic E-state index is 6.15. The average Bonchev–Trinajstić information content (AvgIpc) is 2.16. The minimum Gasteiger partial charge on any atom is -0.385 e. The first-order valence-corrected chi connectivity index (χ1v) is 4.96. The number of aryl methyl sites for hydroxylation is 1. The van der Waals surface area contributed by atoms with E-state index in [2.05, 4.69) is 10.3 Å². The Morgan fingerprint density at radius 1 is 1.19 bits per heavy atom.